The number of likely N-dealkylation sites (tertiary alicyclic amines) is 1. The highest BCUT2D eigenvalue weighted by Gasteiger charge is 2.39. The molecule has 0 bridgehead atoms. The largest absolute Gasteiger partial charge is 0.490 e. The molecule has 2 heterocycles. The predicted octanol–water partition coefficient (Wildman–Crippen LogP) is 2.67. The fourth-order valence-electron chi connectivity index (χ4n) is 3.31. The molecule has 2 N–H and O–H groups in total. The molecule has 2 aromatic rings. The van der Waals surface area contributed by atoms with Gasteiger partial charge in [0.25, 0.3) is 5.91 Å². The number of carbonyl (C=O) groups is 1. The Balaban J connectivity index is 1.73. The lowest BCUT2D eigenvalue weighted by Gasteiger charge is -2.41. The summed E-state index contributed by atoms with van der Waals surface area (Å²) in [6, 6.07) is 11.3. The smallest absolute Gasteiger partial charge is 0.257 e. The van der Waals surface area contributed by atoms with Crippen molar-refractivity contribution >= 4 is 11.7 Å². The van der Waals surface area contributed by atoms with Gasteiger partial charge in [-0.05, 0) is 43.5 Å². The Hall–Kier alpha value is -2.60. The highest BCUT2D eigenvalue weighted by molar-refractivity contribution is 5.98. The molecule has 1 fully saturated rings. The number of anilines is 1. The molecule has 1 aliphatic rings. The number of ether oxygens (including phenoxy) is 2. The lowest BCUT2D eigenvalue weighted by molar-refractivity contribution is -0.0825. The summed E-state index contributed by atoms with van der Waals surface area (Å²) in [5.74, 6) is 0.971. The minimum absolute atomic E-state index is 0.118. The lowest BCUT2D eigenvalue weighted by atomic mass is 9.92. The van der Waals surface area contributed by atoms with Gasteiger partial charge in [0.05, 0.1) is 12.1 Å². The van der Waals surface area contributed by atoms with Crippen LogP contribution < -0.4 is 10.5 Å². The van der Waals surface area contributed by atoms with Crippen molar-refractivity contribution < 1.29 is 14.3 Å². The summed E-state index contributed by atoms with van der Waals surface area (Å²) >= 11 is 0. The van der Waals surface area contributed by atoms with Crippen molar-refractivity contribution in [2.24, 2.45) is 0 Å². The van der Waals surface area contributed by atoms with E-state index >= 15 is 0 Å². The summed E-state index contributed by atoms with van der Waals surface area (Å²) in [4.78, 5) is 18.7. The number of benzene rings is 1. The molecule has 1 saturated heterocycles. The number of nitrogen functional groups attached to an aromatic ring is 1. The Bertz CT molecular complexity index is 780. The Kier molecular flexibility index (Phi) is 5.42. The van der Waals surface area contributed by atoms with Crippen LogP contribution in [0.5, 0.6) is 5.75 Å². The van der Waals surface area contributed by atoms with Crippen molar-refractivity contribution in [2.45, 2.75) is 25.4 Å². The molecule has 0 radical (unpaired) electrons. The number of nitrogens with zero attached hydrogens (tertiary/aromatic N) is 2. The molecular weight excluding hydrogens is 330 g/mol. The van der Waals surface area contributed by atoms with Crippen LogP contribution in [0.4, 0.5) is 5.82 Å². The van der Waals surface area contributed by atoms with Crippen molar-refractivity contribution in [3.63, 3.8) is 0 Å². The third kappa shape index (κ3) is 3.80. The van der Waals surface area contributed by atoms with E-state index in [2.05, 4.69) is 4.98 Å². The number of hydrogen-bond donors (Lipinski definition) is 1. The van der Waals surface area contributed by atoms with Gasteiger partial charge in [0, 0.05) is 19.9 Å². The number of methoxy groups -OCH3 is 1. The molecule has 138 valence electrons. The number of nitrogens with two attached hydrogens (primary N) is 1. The van der Waals surface area contributed by atoms with E-state index in [4.69, 9.17) is 15.2 Å². The fraction of sp³-hybridized carbons (Fsp3) is 0.400. The average Bonchev–Trinajstić information content (AvgIpc) is 2.67. The lowest BCUT2D eigenvalue weighted by Crippen LogP contribution is -2.54. The Labute approximate surface area is 153 Å². The summed E-state index contributed by atoms with van der Waals surface area (Å²) < 4.78 is 11.8. The van der Waals surface area contributed by atoms with Crippen LogP contribution in [0.3, 0.4) is 0 Å². The van der Waals surface area contributed by atoms with E-state index in [0.29, 0.717) is 25.3 Å². The van der Waals surface area contributed by atoms with Crippen molar-refractivity contribution in [3.8, 4) is 5.75 Å². The van der Waals surface area contributed by atoms with Gasteiger partial charge in [-0.25, -0.2) is 4.98 Å². The van der Waals surface area contributed by atoms with E-state index in [-0.39, 0.29) is 11.7 Å². The molecule has 1 atom stereocenters. The molecule has 0 aliphatic carbocycles. The average molecular weight is 355 g/mol. The van der Waals surface area contributed by atoms with Crippen molar-refractivity contribution in [3.05, 3.63) is 53.7 Å². The van der Waals surface area contributed by atoms with Gasteiger partial charge < -0.3 is 20.1 Å². The van der Waals surface area contributed by atoms with Gasteiger partial charge in [-0.3, -0.25) is 4.79 Å². The quantitative estimate of drug-likeness (QED) is 0.892. The summed E-state index contributed by atoms with van der Waals surface area (Å²) in [6.07, 6.45) is 3.26. The number of para-hydroxylation sites is 1. The number of amides is 1. The molecule has 1 amide bonds. The molecule has 0 spiro atoms. The first kappa shape index (κ1) is 18.2. The maximum Gasteiger partial charge on any atom is 0.257 e. The van der Waals surface area contributed by atoms with Crippen molar-refractivity contribution in [1.29, 1.82) is 0 Å². The van der Waals surface area contributed by atoms with Crippen LogP contribution in [0.25, 0.3) is 0 Å². The van der Waals surface area contributed by atoms with Crippen LogP contribution in [0.2, 0.25) is 0 Å². The summed E-state index contributed by atoms with van der Waals surface area (Å²) in [5, 5.41) is 0. The van der Waals surface area contributed by atoms with Crippen LogP contribution in [0, 0.1) is 6.92 Å². The minimum atomic E-state index is -0.535. The second-order valence-electron chi connectivity index (χ2n) is 6.71. The topological polar surface area (TPSA) is 77.7 Å². The second kappa shape index (κ2) is 7.74. The SMILES string of the molecule is CO[C@]1(COc2ccccc2C)CCCN(C(=O)c2cccnc2N)C1. The van der Waals surface area contributed by atoms with Crippen molar-refractivity contribution in [2.75, 3.05) is 32.5 Å². The van der Waals surface area contributed by atoms with Gasteiger partial charge in [-0.1, -0.05) is 18.2 Å². The molecule has 26 heavy (non-hydrogen) atoms. The molecule has 6 nitrogen and oxygen atoms in total. The number of aromatic nitrogens is 1. The number of hydrogen-bond acceptors (Lipinski definition) is 5. The second-order valence-corrected chi connectivity index (χ2v) is 6.71. The van der Waals surface area contributed by atoms with E-state index in [1.165, 1.54) is 0 Å². The molecule has 1 aromatic carbocycles. The summed E-state index contributed by atoms with van der Waals surface area (Å²) in [5.41, 5.74) is 6.83. The molecule has 0 saturated carbocycles. The Morgan fingerprint density at radius 3 is 2.85 bits per heavy atom. The third-order valence-corrected chi connectivity index (χ3v) is 4.91. The Morgan fingerprint density at radius 1 is 1.31 bits per heavy atom. The van der Waals surface area contributed by atoms with E-state index < -0.39 is 5.60 Å². The number of piperidine rings is 1. The zero-order chi connectivity index (χ0) is 18.6. The van der Waals surface area contributed by atoms with Crippen LogP contribution in [0.1, 0.15) is 28.8 Å². The first-order valence-electron chi connectivity index (χ1n) is 8.78. The standard InChI is InChI=1S/C20H25N3O3/c1-15-7-3-4-9-17(15)26-14-20(25-2)10-6-12-23(13-20)19(24)16-8-5-11-22-18(16)21/h3-5,7-9,11H,6,10,12-14H2,1-2H3,(H2,21,22)/t20-/m1/s1. The summed E-state index contributed by atoms with van der Waals surface area (Å²) in [7, 11) is 1.67. The number of rotatable bonds is 5. The van der Waals surface area contributed by atoms with Crippen LogP contribution >= 0.6 is 0 Å². The van der Waals surface area contributed by atoms with Crippen LogP contribution in [-0.4, -0.2) is 48.2 Å². The van der Waals surface area contributed by atoms with Crippen LogP contribution in [0.15, 0.2) is 42.6 Å². The monoisotopic (exact) mass is 355 g/mol. The van der Waals surface area contributed by atoms with Crippen molar-refractivity contribution in [1.82, 2.24) is 9.88 Å². The highest BCUT2D eigenvalue weighted by atomic mass is 16.5. The molecule has 1 aromatic heterocycles. The molecule has 0 unspecified atom stereocenters. The van der Waals surface area contributed by atoms with Gasteiger partial charge in [-0.2, -0.15) is 0 Å². The van der Waals surface area contributed by atoms with Gasteiger partial charge >= 0.3 is 0 Å². The predicted molar refractivity (Wildman–Crippen MR) is 100 cm³/mol. The van der Waals surface area contributed by atoms with Gasteiger partial charge in [0.2, 0.25) is 0 Å². The molecular formula is C20H25N3O3. The minimum Gasteiger partial charge on any atom is -0.490 e. The first-order chi connectivity index (χ1) is 12.5. The molecule has 6 heteroatoms. The maximum atomic E-state index is 12.9. The number of aryl methyl sites for hydroxylation is 1. The fourth-order valence-corrected chi connectivity index (χ4v) is 3.31. The summed E-state index contributed by atoms with van der Waals surface area (Å²) in [6.45, 7) is 3.53. The van der Waals surface area contributed by atoms with E-state index in [0.717, 1.165) is 24.2 Å². The van der Waals surface area contributed by atoms with Gasteiger partial charge in [0.15, 0.2) is 0 Å². The number of pyridine rings is 1. The third-order valence-electron chi connectivity index (χ3n) is 4.91. The zero-order valence-electron chi connectivity index (χ0n) is 15.3. The van der Waals surface area contributed by atoms with E-state index in [1.807, 2.05) is 31.2 Å². The van der Waals surface area contributed by atoms with Gasteiger partial charge in [-0.15, -0.1) is 0 Å². The van der Waals surface area contributed by atoms with Gasteiger partial charge in [0.1, 0.15) is 23.8 Å². The molecule has 1 aliphatic heterocycles. The highest BCUT2D eigenvalue weighted by Crippen LogP contribution is 2.28. The molecule has 3 rings (SSSR count). The van der Waals surface area contributed by atoms with E-state index in [9.17, 15) is 4.79 Å². The normalized spacial score (nSPS) is 20.0. The Morgan fingerprint density at radius 2 is 2.12 bits per heavy atom. The maximum absolute atomic E-state index is 12.9. The van der Waals surface area contributed by atoms with E-state index in [1.54, 1.807) is 30.3 Å². The number of carbonyl (C=O) groups excluding carboxylic acids is 1. The zero-order valence-corrected chi connectivity index (χ0v) is 15.3. The van der Waals surface area contributed by atoms with Crippen LogP contribution in [-0.2, 0) is 4.74 Å². The first-order valence-corrected chi connectivity index (χ1v) is 8.78.